The summed E-state index contributed by atoms with van der Waals surface area (Å²) in [6.45, 7) is 0. The average Bonchev–Trinajstić information content (AvgIpc) is 3.11. The van der Waals surface area contributed by atoms with Crippen LogP contribution in [0.3, 0.4) is 0 Å². The number of anilines is 2. The quantitative estimate of drug-likeness (QED) is 0.470. The Labute approximate surface area is 171 Å². The first-order valence-electron chi connectivity index (χ1n) is 8.45. The summed E-state index contributed by atoms with van der Waals surface area (Å²) in [6, 6.07) is 16.1. The van der Waals surface area contributed by atoms with Crippen LogP contribution in [-0.4, -0.2) is 30.5 Å². The zero-order valence-electron chi connectivity index (χ0n) is 15.2. The molecule has 4 aromatic rings. The van der Waals surface area contributed by atoms with E-state index in [2.05, 4.69) is 14.9 Å². The van der Waals surface area contributed by atoms with Crippen LogP contribution in [0.5, 0.6) is 5.75 Å². The smallest absolute Gasteiger partial charge is 0.261 e. The van der Waals surface area contributed by atoms with Crippen molar-refractivity contribution in [1.29, 1.82) is 0 Å². The monoisotopic (exact) mass is 429 g/mol. The highest BCUT2D eigenvalue weighted by Gasteiger charge is 2.15. The minimum Gasteiger partial charge on any atom is -0.497 e. The lowest BCUT2D eigenvalue weighted by Crippen LogP contribution is -2.13. The van der Waals surface area contributed by atoms with Crippen LogP contribution in [-0.2, 0) is 10.0 Å². The molecule has 4 rings (SSSR count). The van der Waals surface area contributed by atoms with E-state index < -0.39 is 10.0 Å². The highest BCUT2D eigenvalue weighted by Crippen LogP contribution is 2.25. The van der Waals surface area contributed by atoms with E-state index in [1.165, 1.54) is 16.9 Å². The average molecular weight is 430 g/mol. The largest absolute Gasteiger partial charge is 0.497 e. The minimum absolute atomic E-state index is 0.112. The molecule has 0 amide bonds. The standard InChI is InChI=1S/C19H16ClN5O3S/c1-28-14-6-2-12(3-7-14)24-29(26,27)15-8-4-13(5-9-15)25-22-18-10-16(20)17(21)11-19(18)23-25/h2-11,24H,21H2,1H3. The van der Waals surface area contributed by atoms with Gasteiger partial charge in [0.2, 0.25) is 0 Å². The lowest BCUT2D eigenvalue weighted by Gasteiger charge is -2.09. The number of rotatable bonds is 5. The van der Waals surface area contributed by atoms with E-state index in [9.17, 15) is 8.42 Å². The number of nitrogens with zero attached hydrogens (tertiary/aromatic N) is 3. The summed E-state index contributed by atoms with van der Waals surface area (Å²) in [6.07, 6.45) is 0. The van der Waals surface area contributed by atoms with Gasteiger partial charge < -0.3 is 10.5 Å². The van der Waals surface area contributed by atoms with Gasteiger partial charge in [0, 0.05) is 5.69 Å². The molecule has 148 valence electrons. The first-order valence-corrected chi connectivity index (χ1v) is 10.3. The van der Waals surface area contributed by atoms with E-state index in [0.717, 1.165) is 0 Å². The molecule has 1 aromatic heterocycles. The third-order valence-corrected chi connectivity index (χ3v) is 5.94. The number of nitrogens with one attached hydrogen (secondary N) is 1. The zero-order chi connectivity index (χ0) is 20.6. The molecule has 0 radical (unpaired) electrons. The molecule has 0 spiro atoms. The third kappa shape index (κ3) is 3.82. The molecule has 0 saturated heterocycles. The van der Waals surface area contributed by atoms with Crippen molar-refractivity contribution in [1.82, 2.24) is 15.0 Å². The fraction of sp³-hybridized carbons (Fsp3) is 0.0526. The summed E-state index contributed by atoms with van der Waals surface area (Å²) in [5, 5.41) is 9.10. The van der Waals surface area contributed by atoms with Crippen LogP contribution in [0.15, 0.2) is 65.6 Å². The van der Waals surface area contributed by atoms with Gasteiger partial charge in [0.15, 0.2) is 0 Å². The maximum atomic E-state index is 12.6. The van der Waals surface area contributed by atoms with Crippen LogP contribution in [0.1, 0.15) is 0 Å². The molecular weight excluding hydrogens is 414 g/mol. The van der Waals surface area contributed by atoms with Crippen LogP contribution in [0, 0.1) is 0 Å². The Hall–Kier alpha value is -3.30. The predicted molar refractivity (Wildman–Crippen MR) is 112 cm³/mol. The number of nitrogen functional groups attached to an aromatic ring is 1. The molecule has 0 atom stereocenters. The number of ether oxygens (including phenoxy) is 1. The SMILES string of the molecule is COc1ccc(NS(=O)(=O)c2ccc(-n3nc4cc(N)c(Cl)cc4n3)cc2)cc1. The second kappa shape index (κ2) is 7.26. The number of methoxy groups -OCH3 is 1. The molecule has 0 saturated carbocycles. The Kier molecular flexibility index (Phi) is 4.77. The molecule has 0 bridgehead atoms. The molecule has 29 heavy (non-hydrogen) atoms. The molecule has 0 aliphatic rings. The van der Waals surface area contributed by atoms with Crippen LogP contribution in [0.25, 0.3) is 16.7 Å². The van der Waals surface area contributed by atoms with Crippen LogP contribution in [0.4, 0.5) is 11.4 Å². The number of halogens is 1. The van der Waals surface area contributed by atoms with Gasteiger partial charge in [-0.2, -0.15) is 4.80 Å². The van der Waals surface area contributed by atoms with Gasteiger partial charge in [-0.3, -0.25) is 4.72 Å². The molecule has 10 heteroatoms. The Morgan fingerprint density at radius 2 is 1.62 bits per heavy atom. The van der Waals surface area contributed by atoms with E-state index in [0.29, 0.717) is 38.9 Å². The van der Waals surface area contributed by atoms with Gasteiger partial charge in [-0.25, -0.2) is 8.42 Å². The van der Waals surface area contributed by atoms with Crippen molar-refractivity contribution in [2.75, 3.05) is 17.6 Å². The maximum Gasteiger partial charge on any atom is 0.261 e. The van der Waals surface area contributed by atoms with Crippen molar-refractivity contribution >= 4 is 44.0 Å². The van der Waals surface area contributed by atoms with Gasteiger partial charge in [-0.05, 0) is 60.7 Å². The molecule has 3 aromatic carbocycles. The number of fused-ring (bicyclic) bond motifs is 1. The van der Waals surface area contributed by atoms with Gasteiger partial charge in [0.05, 0.1) is 28.4 Å². The molecular formula is C19H16ClN5O3S. The second-order valence-corrected chi connectivity index (χ2v) is 8.27. The summed E-state index contributed by atoms with van der Waals surface area (Å²) < 4.78 is 32.8. The summed E-state index contributed by atoms with van der Waals surface area (Å²) in [4.78, 5) is 1.51. The van der Waals surface area contributed by atoms with Gasteiger partial charge in [0.1, 0.15) is 16.8 Å². The van der Waals surface area contributed by atoms with Crippen molar-refractivity contribution in [3.8, 4) is 11.4 Å². The summed E-state index contributed by atoms with van der Waals surface area (Å²) in [5.41, 5.74) is 8.41. The fourth-order valence-electron chi connectivity index (χ4n) is 2.70. The second-order valence-electron chi connectivity index (χ2n) is 6.18. The van der Waals surface area contributed by atoms with E-state index in [4.69, 9.17) is 22.1 Å². The van der Waals surface area contributed by atoms with E-state index in [1.807, 2.05) is 0 Å². The summed E-state index contributed by atoms with van der Waals surface area (Å²) >= 11 is 6.01. The molecule has 0 fully saturated rings. The Balaban J connectivity index is 1.59. The Morgan fingerprint density at radius 1 is 1.00 bits per heavy atom. The normalized spacial score (nSPS) is 11.5. The molecule has 8 nitrogen and oxygen atoms in total. The van der Waals surface area contributed by atoms with Gasteiger partial charge in [-0.15, -0.1) is 10.2 Å². The van der Waals surface area contributed by atoms with Crippen molar-refractivity contribution in [2.24, 2.45) is 0 Å². The van der Waals surface area contributed by atoms with E-state index in [1.54, 1.807) is 55.6 Å². The summed E-state index contributed by atoms with van der Waals surface area (Å²) in [5.74, 6) is 0.638. The number of benzene rings is 3. The highest BCUT2D eigenvalue weighted by atomic mass is 35.5. The zero-order valence-corrected chi connectivity index (χ0v) is 16.8. The highest BCUT2D eigenvalue weighted by molar-refractivity contribution is 7.92. The van der Waals surface area contributed by atoms with Crippen LogP contribution in [0.2, 0.25) is 5.02 Å². The number of nitrogens with two attached hydrogens (primary N) is 1. The molecule has 1 heterocycles. The number of sulfonamides is 1. The van der Waals surface area contributed by atoms with Crippen LogP contribution >= 0.6 is 11.6 Å². The van der Waals surface area contributed by atoms with Gasteiger partial charge in [0.25, 0.3) is 10.0 Å². The van der Waals surface area contributed by atoms with Crippen LogP contribution < -0.4 is 15.2 Å². The Morgan fingerprint density at radius 3 is 2.24 bits per heavy atom. The number of hydrogen-bond donors (Lipinski definition) is 2. The minimum atomic E-state index is -3.74. The van der Waals surface area contributed by atoms with E-state index in [-0.39, 0.29) is 4.90 Å². The van der Waals surface area contributed by atoms with E-state index >= 15 is 0 Å². The lowest BCUT2D eigenvalue weighted by molar-refractivity contribution is 0.415. The Bertz CT molecular complexity index is 1250. The number of aromatic nitrogens is 3. The first-order chi connectivity index (χ1) is 13.9. The van der Waals surface area contributed by atoms with Gasteiger partial charge in [-0.1, -0.05) is 11.6 Å². The lowest BCUT2D eigenvalue weighted by atomic mass is 10.3. The van der Waals surface area contributed by atoms with Crippen molar-refractivity contribution < 1.29 is 13.2 Å². The van der Waals surface area contributed by atoms with Crippen molar-refractivity contribution in [2.45, 2.75) is 4.90 Å². The molecule has 0 unspecified atom stereocenters. The third-order valence-electron chi connectivity index (χ3n) is 4.22. The maximum absolute atomic E-state index is 12.6. The molecule has 0 aliphatic heterocycles. The molecule has 3 N–H and O–H groups in total. The predicted octanol–water partition coefficient (Wildman–Crippen LogP) is 3.47. The van der Waals surface area contributed by atoms with Crippen molar-refractivity contribution in [3.63, 3.8) is 0 Å². The fourth-order valence-corrected chi connectivity index (χ4v) is 3.92. The topological polar surface area (TPSA) is 112 Å². The number of hydrogen-bond acceptors (Lipinski definition) is 6. The first kappa shape index (κ1) is 19.0. The summed E-state index contributed by atoms with van der Waals surface area (Å²) in [7, 11) is -2.20. The van der Waals surface area contributed by atoms with Crippen molar-refractivity contribution in [3.05, 3.63) is 65.7 Å². The molecule has 0 aliphatic carbocycles. The van der Waals surface area contributed by atoms with Gasteiger partial charge >= 0.3 is 0 Å².